The fourth-order valence-corrected chi connectivity index (χ4v) is 4.52. The fraction of sp³-hybridized carbons (Fsp3) is 0.304. The van der Waals surface area contributed by atoms with Crippen molar-refractivity contribution in [1.82, 2.24) is 15.1 Å². The largest absolute Gasteiger partial charge is 0.507 e. The number of phenols is 1. The van der Waals surface area contributed by atoms with Crippen LogP contribution in [0.5, 0.6) is 5.75 Å². The summed E-state index contributed by atoms with van der Waals surface area (Å²) in [5, 5.41) is 19.3. The molecule has 1 amide bonds. The first-order valence-corrected chi connectivity index (χ1v) is 11.3. The molecule has 2 heterocycles. The van der Waals surface area contributed by atoms with E-state index < -0.39 is 6.04 Å². The zero-order valence-corrected chi connectivity index (χ0v) is 19.4. The van der Waals surface area contributed by atoms with Crippen molar-refractivity contribution in [2.45, 2.75) is 39.2 Å². The van der Waals surface area contributed by atoms with Crippen LogP contribution in [0, 0.1) is 6.92 Å². The molecule has 8 heteroatoms. The number of fused-ring (bicyclic) bond motifs is 1. The Balaban J connectivity index is 1.88. The van der Waals surface area contributed by atoms with E-state index in [9.17, 15) is 9.90 Å². The van der Waals surface area contributed by atoms with Crippen LogP contribution >= 0.6 is 34.8 Å². The maximum Gasteiger partial charge on any atom is 0.273 e. The number of aromatic hydroxyl groups is 1. The zero-order chi connectivity index (χ0) is 22.3. The number of rotatable bonds is 6. The molecule has 2 aromatic carbocycles. The zero-order valence-electron chi connectivity index (χ0n) is 17.2. The standard InChI is InChI=1S/C23H22Cl3N3O2/c1-3-4-5-8-29-22(13-6-7-15(24)17(26)10-13)19-20(27-28-21(19)23(29)31)14-11-16(25)12(2)9-18(14)30/h6-7,9-11,22,30H,3-5,8H2,1-2H3,(H,27,28). The van der Waals surface area contributed by atoms with E-state index in [2.05, 4.69) is 17.1 Å². The molecule has 0 saturated heterocycles. The smallest absolute Gasteiger partial charge is 0.273 e. The molecule has 3 aromatic rings. The highest BCUT2D eigenvalue weighted by Gasteiger charge is 2.42. The second kappa shape index (κ2) is 8.73. The average Bonchev–Trinajstić information content (AvgIpc) is 3.27. The molecule has 0 aliphatic carbocycles. The number of unbranched alkanes of at least 4 members (excludes halogenated alkanes) is 2. The summed E-state index contributed by atoms with van der Waals surface area (Å²) in [4.78, 5) is 15.1. The van der Waals surface area contributed by atoms with Gasteiger partial charge in [0.1, 0.15) is 17.1 Å². The van der Waals surface area contributed by atoms with Gasteiger partial charge in [0.2, 0.25) is 0 Å². The molecule has 0 saturated carbocycles. The van der Waals surface area contributed by atoms with Crippen molar-refractivity contribution in [1.29, 1.82) is 0 Å². The average molecular weight is 479 g/mol. The molecule has 0 spiro atoms. The number of H-pyrrole nitrogens is 1. The van der Waals surface area contributed by atoms with Crippen LogP contribution in [0.25, 0.3) is 11.3 Å². The molecule has 1 atom stereocenters. The van der Waals surface area contributed by atoms with Gasteiger partial charge in [0.25, 0.3) is 5.91 Å². The maximum atomic E-state index is 13.3. The van der Waals surface area contributed by atoms with Gasteiger partial charge in [0.05, 0.1) is 16.1 Å². The maximum absolute atomic E-state index is 13.3. The van der Waals surface area contributed by atoms with Gasteiger partial charge in [-0.2, -0.15) is 5.10 Å². The van der Waals surface area contributed by atoms with Crippen molar-refractivity contribution < 1.29 is 9.90 Å². The number of phenolic OH excluding ortho intramolecular Hbond substituents is 1. The van der Waals surface area contributed by atoms with E-state index in [0.29, 0.717) is 44.1 Å². The molecule has 4 rings (SSSR count). The molecule has 1 aliphatic rings. The number of carbonyl (C=O) groups is 1. The third kappa shape index (κ3) is 3.91. The number of aromatic amines is 1. The highest BCUT2D eigenvalue weighted by atomic mass is 35.5. The topological polar surface area (TPSA) is 69.2 Å². The molecule has 1 unspecified atom stereocenters. The molecule has 31 heavy (non-hydrogen) atoms. The van der Waals surface area contributed by atoms with Gasteiger partial charge in [-0.3, -0.25) is 9.89 Å². The number of carbonyl (C=O) groups excluding carboxylic acids is 1. The summed E-state index contributed by atoms with van der Waals surface area (Å²) in [6, 6.07) is 8.25. The Morgan fingerprint density at radius 2 is 1.87 bits per heavy atom. The first-order chi connectivity index (χ1) is 14.8. The number of nitrogens with one attached hydrogen (secondary N) is 1. The van der Waals surface area contributed by atoms with E-state index in [1.165, 1.54) is 0 Å². The van der Waals surface area contributed by atoms with Gasteiger partial charge in [-0.1, -0.05) is 60.6 Å². The van der Waals surface area contributed by atoms with Crippen molar-refractivity contribution in [3.05, 3.63) is 67.8 Å². The van der Waals surface area contributed by atoms with Crippen LogP contribution in [0.1, 0.15) is 59.4 Å². The number of hydrogen-bond donors (Lipinski definition) is 2. The van der Waals surface area contributed by atoms with Crippen LogP contribution < -0.4 is 0 Å². The van der Waals surface area contributed by atoms with E-state index in [0.717, 1.165) is 30.4 Å². The van der Waals surface area contributed by atoms with Crippen LogP contribution in [0.4, 0.5) is 0 Å². The first-order valence-electron chi connectivity index (χ1n) is 10.2. The molecular formula is C23H22Cl3N3O2. The second-order valence-electron chi connectivity index (χ2n) is 7.76. The van der Waals surface area contributed by atoms with Crippen molar-refractivity contribution in [2.24, 2.45) is 0 Å². The Hall–Kier alpha value is -2.21. The van der Waals surface area contributed by atoms with Crippen molar-refractivity contribution in [3.63, 3.8) is 0 Å². The number of amides is 1. The third-order valence-corrected chi connectivity index (χ3v) is 6.80. The Morgan fingerprint density at radius 1 is 1.10 bits per heavy atom. The van der Waals surface area contributed by atoms with Crippen molar-refractivity contribution in [2.75, 3.05) is 6.54 Å². The summed E-state index contributed by atoms with van der Waals surface area (Å²) < 4.78 is 0. The SMILES string of the molecule is CCCCCN1C(=O)c2[nH]nc(-c3cc(Cl)c(C)cc3O)c2C1c1ccc(Cl)c(Cl)c1. The second-order valence-corrected chi connectivity index (χ2v) is 8.98. The minimum Gasteiger partial charge on any atom is -0.507 e. The molecule has 0 radical (unpaired) electrons. The van der Waals surface area contributed by atoms with E-state index >= 15 is 0 Å². The van der Waals surface area contributed by atoms with Crippen LogP contribution in [0.3, 0.4) is 0 Å². The van der Waals surface area contributed by atoms with Crippen LogP contribution in [-0.4, -0.2) is 32.7 Å². The molecule has 1 aliphatic heterocycles. The van der Waals surface area contributed by atoms with E-state index in [1.54, 1.807) is 24.3 Å². The lowest BCUT2D eigenvalue weighted by atomic mass is 9.95. The molecule has 2 N–H and O–H groups in total. The summed E-state index contributed by atoms with van der Waals surface area (Å²) in [5.74, 6) is -0.0698. The summed E-state index contributed by atoms with van der Waals surface area (Å²) in [7, 11) is 0. The van der Waals surface area contributed by atoms with Gasteiger partial charge in [0.15, 0.2) is 0 Å². The molecule has 1 aromatic heterocycles. The summed E-state index contributed by atoms with van der Waals surface area (Å²) >= 11 is 18.8. The predicted octanol–water partition coefficient (Wildman–Crippen LogP) is 6.79. The lowest BCUT2D eigenvalue weighted by molar-refractivity contribution is 0.0740. The number of halogens is 3. The van der Waals surface area contributed by atoms with Crippen LogP contribution in [0.2, 0.25) is 15.1 Å². The Kier molecular flexibility index (Phi) is 6.20. The van der Waals surface area contributed by atoms with Gasteiger partial charge in [0, 0.05) is 22.7 Å². The summed E-state index contributed by atoms with van der Waals surface area (Å²) in [5.41, 5.74) is 3.68. The quantitative estimate of drug-likeness (QED) is 0.383. The highest BCUT2D eigenvalue weighted by Crippen LogP contribution is 2.46. The van der Waals surface area contributed by atoms with Gasteiger partial charge < -0.3 is 10.0 Å². The first kappa shape index (κ1) is 22.0. The summed E-state index contributed by atoms with van der Waals surface area (Å²) in [6.07, 6.45) is 2.95. The van der Waals surface area contributed by atoms with E-state index in [4.69, 9.17) is 34.8 Å². The third-order valence-electron chi connectivity index (χ3n) is 5.66. The molecule has 5 nitrogen and oxygen atoms in total. The van der Waals surface area contributed by atoms with Crippen LogP contribution in [-0.2, 0) is 0 Å². The number of benzene rings is 2. The monoisotopic (exact) mass is 477 g/mol. The highest BCUT2D eigenvalue weighted by molar-refractivity contribution is 6.42. The van der Waals surface area contributed by atoms with Gasteiger partial charge in [-0.05, 0) is 48.7 Å². The molecule has 0 bridgehead atoms. The van der Waals surface area contributed by atoms with E-state index in [-0.39, 0.29) is 11.7 Å². The number of aryl methyl sites for hydroxylation is 1. The van der Waals surface area contributed by atoms with Crippen molar-refractivity contribution >= 4 is 40.7 Å². The summed E-state index contributed by atoms with van der Waals surface area (Å²) in [6.45, 7) is 4.54. The minimum atomic E-state index is -0.401. The number of nitrogens with zero attached hydrogens (tertiary/aromatic N) is 2. The van der Waals surface area contributed by atoms with Gasteiger partial charge in [-0.15, -0.1) is 0 Å². The van der Waals surface area contributed by atoms with Gasteiger partial charge in [-0.25, -0.2) is 0 Å². The fourth-order valence-electron chi connectivity index (χ4n) is 4.05. The number of aromatic nitrogens is 2. The Labute approximate surface area is 195 Å². The van der Waals surface area contributed by atoms with Crippen molar-refractivity contribution in [3.8, 4) is 17.0 Å². The normalized spacial score (nSPS) is 15.6. The Morgan fingerprint density at radius 3 is 2.58 bits per heavy atom. The lowest BCUT2D eigenvalue weighted by Gasteiger charge is -2.26. The molecular weight excluding hydrogens is 457 g/mol. The molecule has 0 fully saturated rings. The lowest BCUT2D eigenvalue weighted by Crippen LogP contribution is -2.30. The van der Waals surface area contributed by atoms with Gasteiger partial charge >= 0.3 is 0 Å². The Bertz CT molecular complexity index is 1160. The predicted molar refractivity (Wildman–Crippen MR) is 124 cm³/mol. The van der Waals surface area contributed by atoms with E-state index in [1.807, 2.05) is 17.9 Å². The van der Waals surface area contributed by atoms with Crippen LogP contribution in [0.15, 0.2) is 30.3 Å². The number of hydrogen-bond acceptors (Lipinski definition) is 3. The minimum absolute atomic E-state index is 0.0565. The molecule has 162 valence electrons.